The second kappa shape index (κ2) is 16.9. The summed E-state index contributed by atoms with van der Waals surface area (Å²) in [6.45, 7) is -0.898. The summed E-state index contributed by atoms with van der Waals surface area (Å²) in [4.78, 5) is 9.31. The molecule has 12 heteroatoms. The highest BCUT2D eigenvalue weighted by atomic mass is 16.5. The van der Waals surface area contributed by atoms with Crippen LogP contribution in [0.2, 0.25) is 0 Å². The van der Waals surface area contributed by atoms with Crippen molar-refractivity contribution in [1.82, 2.24) is 0 Å². The minimum atomic E-state index is -0.368. The van der Waals surface area contributed by atoms with Crippen LogP contribution in [0.3, 0.4) is 0 Å². The maximum absolute atomic E-state index is 11.2. The SMILES string of the molecule is N#Cc1cc2c3c(c1)N(c1ccccc1)c1cc4c(cc1B3c1ccccc1O2)B1c2cc3c(cc2N(c2ccccc2)c2cc(C#N)cc(c21)N4c1ccccc1)N(c1ccccc1)c1cc(C#N)cc2c1B3c1ccccc1O2. The molecule has 17 rings (SSSR count). The summed E-state index contributed by atoms with van der Waals surface area (Å²) in [5, 5.41) is 32.5. The molecule has 81 heavy (non-hydrogen) atoms. The van der Waals surface area contributed by atoms with Crippen molar-refractivity contribution in [3.8, 4) is 41.2 Å². The third-order valence-electron chi connectivity index (χ3n) is 17.1. The Morgan fingerprint density at radius 1 is 0.259 bits per heavy atom. The first-order chi connectivity index (χ1) is 40.0. The lowest BCUT2D eigenvalue weighted by atomic mass is 9.29. The predicted octanol–water partition coefficient (Wildman–Crippen LogP) is 10.2. The van der Waals surface area contributed by atoms with Gasteiger partial charge in [-0.2, -0.15) is 15.8 Å². The van der Waals surface area contributed by atoms with Crippen LogP contribution in [0.1, 0.15) is 16.7 Å². The average molecular weight is 1030 g/mol. The van der Waals surface area contributed by atoms with E-state index in [0.29, 0.717) is 28.2 Å². The van der Waals surface area contributed by atoms with E-state index in [-0.39, 0.29) is 20.1 Å². The molecule has 11 aromatic rings. The molecule has 0 aliphatic carbocycles. The number of nitriles is 3. The third kappa shape index (κ3) is 6.32. The Morgan fingerprint density at radius 3 is 0.877 bits per heavy atom. The van der Waals surface area contributed by atoms with Crippen LogP contribution in [0.15, 0.2) is 231 Å². The Kier molecular flexibility index (Phi) is 9.40. The summed E-state index contributed by atoms with van der Waals surface area (Å²) in [7, 11) is 0. The van der Waals surface area contributed by atoms with Crippen LogP contribution in [0, 0.1) is 34.0 Å². The molecule has 6 aliphatic rings. The highest BCUT2D eigenvalue weighted by molar-refractivity contribution is 7.04. The highest BCUT2D eigenvalue weighted by Crippen LogP contribution is 2.50. The fraction of sp³-hybridized carbons (Fsp3) is 0. The Balaban J connectivity index is 1.02. The smallest absolute Gasteiger partial charge is 0.256 e. The number of para-hydroxylation sites is 6. The highest BCUT2D eigenvalue weighted by Gasteiger charge is 2.50. The van der Waals surface area contributed by atoms with E-state index in [9.17, 15) is 15.8 Å². The van der Waals surface area contributed by atoms with Gasteiger partial charge in [0.05, 0.1) is 34.9 Å². The molecule has 6 aliphatic heterocycles. The van der Waals surface area contributed by atoms with Crippen LogP contribution >= 0.6 is 0 Å². The Hall–Kier alpha value is -11.1. The summed E-state index contributed by atoms with van der Waals surface area (Å²) < 4.78 is 13.7. The standard InChI is InChI=1S/C69H38B3N7O2/c73-39-42-29-59-67-60(30-42)77(46-19-7-2-8-20-46)58-38-56-52(71-50-26-14-16-28-64(50)81-66-34-44(41-75)32-62(69(66)71)79(56)48-23-11-4-12-24-48)36-54(58)72(67)53-35-51-55(37-57(53)76(59)45-17-5-1-6-18-45)78(47-21-9-3-10-22-47)61-31-43(40-74)33-65-68(61)70(51)49-25-13-15-27-63(49)80-65/h1-38H. The second-order valence-electron chi connectivity index (χ2n) is 21.3. The normalized spacial score (nSPS) is 13.7. The van der Waals surface area contributed by atoms with Gasteiger partial charge in [0.1, 0.15) is 23.0 Å². The lowest BCUT2D eigenvalue weighted by molar-refractivity contribution is 0.487. The van der Waals surface area contributed by atoms with Crippen LogP contribution in [-0.2, 0) is 0 Å². The molecule has 0 atom stereocenters. The average Bonchev–Trinajstić information content (AvgIpc) is 2.55. The molecule has 0 spiro atoms. The lowest BCUT2D eigenvalue weighted by Crippen LogP contribution is -2.66. The molecule has 370 valence electrons. The first-order valence-corrected chi connectivity index (χ1v) is 27.1. The van der Waals surface area contributed by atoms with Crippen molar-refractivity contribution in [1.29, 1.82) is 15.8 Å². The van der Waals surface area contributed by atoms with Gasteiger partial charge in [-0.15, -0.1) is 0 Å². The second-order valence-corrected chi connectivity index (χ2v) is 21.3. The molecule has 9 nitrogen and oxygen atoms in total. The molecular formula is C69H38B3N7O2. The molecule has 0 saturated carbocycles. The van der Waals surface area contributed by atoms with E-state index in [1.165, 1.54) is 0 Å². The molecule has 0 aromatic heterocycles. The largest absolute Gasteiger partial charge is 0.458 e. The molecule has 11 aromatic carbocycles. The Bertz CT molecular complexity index is 4410. The summed E-state index contributed by atoms with van der Waals surface area (Å²) in [5.74, 6) is 2.83. The molecule has 0 N–H and O–H groups in total. The van der Waals surface area contributed by atoms with Crippen molar-refractivity contribution in [2.45, 2.75) is 0 Å². The van der Waals surface area contributed by atoms with E-state index in [1.54, 1.807) is 0 Å². The van der Waals surface area contributed by atoms with Crippen LogP contribution < -0.4 is 78.2 Å². The van der Waals surface area contributed by atoms with Crippen molar-refractivity contribution in [3.63, 3.8) is 0 Å². The number of rotatable bonds is 4. The number of benzene rings is 11. The number of hydrogen-bond donors (Lipinski definition) is 0. The number of nitrogens with zero attached hydrogens (tertiary/aromatic N) is 7. The van der Waals surface area contributed by atoms with Gasteiger partial charge in [-0.3, -0.25) is 0 Å². The van der Waals surface area contributed by atoms with Gasteiger partial charge in [0.2, 0.25) is 0 Å². The van der Waals surface area contributed by atoms with E-state index in [2.05, 4.69) is 196 Å². The van der Waals surface area contributed by atoms with Gasteiger partial charge in [0.25, 0.3) is 20.1 Å². The van der Waals surface area contributed by atoms with Crippen LogP contribution in [-0.4, -0.2) is 20.1 Å². The zero-order valence-electron chi connectivity index (χ0n) is 43.1. The summed E-state index contributed by atoms with van der Waals surface area (Å²) in [6, 6.07) is 87.4. The van der Waals surface area contributed by atoms with Gasteiger partial charge in [-0.1, -0.05) is 121 Å². The molecule has 0 fully saturated rings. The van der Waals surface area contributed by atoms with E-state index >= 15 is 0 Å². The first-order valence-electron chi connectivity index (χ1n) is 27.1. The third-order valence-corrected chi connectivity index (χ3v) is 17.1. The van der Waals surface area contributed by atoms with Crippen molar-refractivity contribution < 1.29 is 9.47 Å². The van der Waals surface area contributed by atoms with Gasteiger partial charge in [-0.05, 0) is 158 Å². The summed E-state index contributed by atoms with van der Waals surface area (Å²) in [6.07, 6.45) is 0. The molecule has 6 heterocycles. The zero-order chi connectivity index (χ0) is 53.6. The number of fused-ring (bicyclic) bond motifs is 12. The molecule has 0 amide bonds. The number of anilines is 12. The summed E-state index contributed by atoms with van der Waals surface area (Å²) >= 11 is 0. The van der Waals surface area contributed by atoms with Crippen LogP contribution in [0.4, 0.5) is 68.2 Å². The maximum Gasteiger partial charge on any atom is 0.256 e. The Labute approximate surface area is 468 Å². The van der Waals surface area contributed by atoms with Gasteiger partial charge in [0.15, 0.2) is 0 Å². The number of hydrogen-bond acceptors (Lipinski definition) is 9. The minimum Gasteiger partial charge on any atom is -0.458 e. The van der Waals surface area contributed by atoms with E-state index in [0.717, 1.165) is 129 Å². The van der Waals surface area contributed by atoms with Gasteiger partial charge >= 0.3 is 0 Å². The molecular weight excluding hydrogens is 991 g/mol. The van der Waals surface area contributed by atoms with Crippen molar-refractivity contribution in [2.75, 3.05) is 19.6 Å². The van der Waals surface area contributed by atoms with Crippen molar-refractivity contribution >= 4 is 138 Å². The van der Waals surface area contributed by atoms with Crippen molar-refractivity contribution in [2.24, 2.45) is 0 Å². The minimum absolute atomic E-state index is 0.265. The zero-order valence-corrected chi connectivity index (χ0v) is 43.1. The molecule has 0 unspecified atom stereocenters. The monoisotopic (exact) mass is 1030 g/mol. The van der Waals surface area contributed by atoms with Gasteiger partial charge in [0, 0.05) is 68.2 Å². The van der Waals surface area contributed by atoms with Crippen LogP contribution in [0.5, 0.6) is 23.0 Å². The first kappa shape index (κ1) is 45.0. The fourth-order valence-electron chi connectivity index (χ4n) is 14.0. The van der Waals surface area contributed by atoms with Crippen LogP contribution in [0.25, 0.3) is 0 Å². The number of ether oxygens (including phenoxy) is 2. The summed E-state index contributed by atoms with van der Waals surface area (Å²) in [5.41, 5.74) is 22.3. The topological polar surface area (TPSA) is 103 Å². The maximum atomic E-state index is 11.2. The predicted molar refractivity (Wildman–Crippen MR) is 326 cm³/mol. The Morgan fingerprint density at radius 2 is 0.543 bits per heavy atom. The quantitative estimate of drug-likeness (QED) is 0.160. The van der Waals surface area contributed by atoms with Gasteiger partial charge in [-0.25, -0.2) is 0 Å². The van der Waals surface area contributed by atoms with E-state index < -0.39 is 0 Å². The van der Waals surface area contributed by atoms with E-state index in [4.69, 9.17) is 9.47 Å². The molecule has 0 saturated heterocycles. The molecule has 0 radical (unpaired) electrons. The molecule has 0 bridgehead atoms. The lowest BCUT2D eigenvalue weighted by Gasteiger charge is -2.47. The fourth-order valence-corrected chi connectivity index (χ4v) is 14.0. The van der Waals surface area contributed by atoms with Gasteiger partial charge < -0.3 is 29.1 Å². The van der Waals surface area contributed by atoms with E-state index in [1.807, 2.05) is 72.8 Å². The van der Waals surface area contributed by atoms with Crippen molar-refractivity contribution in [3.05, 3.63) is 247 Å².